The number of fused-ring (bicyclic) bond motifs is 1. The summed E-state index contributed by atoms with van der Waals surface area (Å²) in [7, 11) is 0. The number of oxime groups is 1. The maximum absolute atomic E-state index is 12.6. The first-order valence-electron chi connectivity index (χ1n) is 8.96. The molecule has 4 N–H and O–H groups in total. The maximum atomic E-state index is 12.6. The zero-order valence-electron chi connectivity index (χ0n) is 16.1. The van der Waals surface area contributed by atoms with Crippen molar-refractivity contribution in [1.82, 2.24) is 24.8 Å². The lowest BCUT2D eigenvalue weighted by molar-refractivity contribution is -0.150. The molecule has 15 heteroatoms. The molecule has 2 aromatic heterocycles. The van der Waals surface area contributed by atoms with Gasteiger partial charge in [-0.3, -0.25) is 14.5 Å². The number of nitrogens with two attached hydrogens (primary N) is 1. The third-order valence-electron chi connectivity index (χ3n) is 4.36. The van der Waals surface area contributed by atoms with E-state index in [0.717, 1.165) is 6.21 Å². The smallest absolute Gasteiger partial charge is 0.352 e. The van der Waals surface area contributed by atoms with Crippen LogP contribution in [0.2, 0.25) is 0 Å². The van der Waals surface area contributed by atoms with Gasteiger partial charge < -0.3 is 21.0 Å². The number of allylic oxidation sites excluding steroid dienone is 1. The summed E-state index contributed by atoms with van der Waals surface area (Å²) < 4.78 is 3.74. The Morgan fingerprint density at radius 2 is 2.25 bits per heavy atom. The average molecular weight is 494 g/mol. The monoisotopic (exact) mass is 493 g/mol. The van der Waals surface area contributed by atoms with Gasteiger partial charge in [0.15, 0.2) is 11.7 Å². The molecule has 4 rings (SSSR count). The van der Waals surface area contributed by atoms with E-state index in [1.165, 1.54) is 39.5 Å². The fourth-order valence-electron chi connectivity index (χ4n) is 2.97. The summed E-state index contributed by atoms with van der Waals surface area (Å²) in [5.41, 5.74) is 7.06. The fraction of sp³-hybridized carbons (Fsp3) is 0.235. The molecule has 0 aromatic carbocycles. The number of carbonyl (C=O) groups is 3. The molecule has 2 aliphatic rings. The summed E-state index contributed by atoms with van der Waals surface area (Å²) in [6, 6.07) is -0.861. The fourth-order valence-corrected chi connectivity index (χ4v) is 5.26. The zero-order valence-corrected chi connectivity index (χ0v) is 18.5. The van der Waals surface area contributed by atoms with Crippen LogP contribution in [-0.4, -0.2) is 65.7 Å². The Morgan fingerprint density at radius 3 is 2.94 bits per heavy atom. The van der Waals surface area contributed by atoms with E-state index in [2.05, 4.69) is 25.0 Å². The minimum Gasteiger partial charge on any atom is -0.477 e. The number of anilines is 1. The summed E-state index contributed by atoms with van der Waals surface area (Å²) in [4.78, 5) is 46.7. The Hall–Kier alpha value is -3.30. The zero-order chi connectivity index (χ0) is 22.7. The summed E-state index contributed by atoms with van der Waals surface area (Å²) in [5, 5.41) is 22.9. The highest BCUT2D eigenvalue weighted by Crippen LogP contribution is 2.40. The third kappa shape index (κ3) is 4.63. The van der Waals surface area contributed by atoms with Crippen LogP contribution in [0.5, 0.6) is 0 Å². The number of carboxylic acids is 1. The van der Waals surface area contributed by atoms with Crippen LogP contribution in [0.25, 0.3) is 6.08 Å². The van der Waals surface area contributed by atoms with E-state index in [9.17, 15) is 19.5 Å². The number of thiazole rings is 1. The molecule has 2 aliphatic heterocycles. The molecule has 2 unspecified atom stereocenters. The van der Waals surface area contributed by atoms with E-state index in [1.54, 1.807) is 22.9 Å². The lowest BCUT2D eigenvalue weighted by Crippen LogP contribution is -2.70. The molecule has 1 fully saturated rings. The third-order valence-corrected chi connectivity index (χ3v) is 6.90. The highest BCUT2D eigenvalue weighted by molar-refractivity contribution is 8.00. The Kier molecular flexibility index (Phi) is 6.48. The Bertz CT molecular complexity index is 1130. The molecule has 0 bridgehead atoms. The number of nitrogens with one attached hydrogen (secondary N) is 1. The molecular formula is C17H15N7O5S3. The van der Waals surface area contributed by atoms with Gasteiger partial charge in [0.25, 0.3) is 11.8 Å². The molecule has 12 nitrogen and oxygen atoms in total. The minimum absolute atomic E-state index is 0.0477. The van der Waals surface area contributed by atoms with Gasteiger partial charge in [-0.15, -0.1) is 28.2 Å². The van der Waals surface area contributed by atoms with E-state index < -0.39 is 29.2 Å². The first-order valence-corrected chi connectivity index (χ1v) is 11.7. The second-order valence-corrected chi connectivity index (χ2v) is 9.03. The molecule has 32 heavy (non-hydrogen) atoms. The average Bonchev–Trinajstić information content (AvgIpc) is 3.44. The molecular weight excluding hydrogens is 478 g/mol. The van der Waals surface area contributed by atoms with E-state index in [0.29, 0.717) is 27.8 Å². The Morgan fingerprint density at radius 1 is 1.41 bits per heavy atom. The van der Waals surface area contributed by atoms with Crippen LogP contribution in [0, 0.1) is 0 Å². The number of nitrogen functional groups attached to an aromatic ring is 1. The Labute approximate surface area is 193 Å². The van der Waals surface area contributed by atoms with Gasteiger partial charge in [0, 0.05) is 16.5 Å². The van der Waals surface area contributed by atoms with E-state index in [1.807, 2.05) is 0 Å². The first kappa shape index (κ1) is 21.9. The van der Waals surface area contributed by atoms with Crippen molar-refractivity contribution >= 4 is 69.8 Å². The highest BCUT2D eigenvalue weighted by atomic mass is 32.2. The maximum Gasteiger partial charge on any atom is 0.352 e. The minimum atomic E-state index is -1.22. The van der Waals surface area contributed by atoms with Crippen LogP contribution < -0.4 is 11.1 Å². The molecule has 2 atom stereocenters. The quantitative estimate of drug-likeness (QED) is 0.267. The summed E-state index contributed by atoms with van der Waals surface area (Å²) >= 11 is 3.79. The molecule has 0 spiro atoms. The predicted molar refractivity (Wildman–Crippen MR) is 118 cm³/mol. The molecule has 166 valence electrons. The van der Waals surface area contributed by atoms with Gasteiger partial charge >= 0.3 is 5.97 Å². The number of β-lactam (4-membered cyclic amide) rings is 1. The number of hydrogen-bond donors (Lipinski definition) is 3. The molecule has 2 amide bonds. The largest absolute Gasteiger partial charge is 0.477 e. The Balaban J connectivity index is 1.36. The number of carbonyl (C=O) groups excluding carboxylic acids is 2. The summed E-state index contributed by atoms with van der Waals surface area (Å²) in [5.74, 6) is -2.02. The van der Waals surface area contributed by atoms with Gasteiger partial charge in [0.05, 0.1) is 11.4 Å². The van der Waals surface area contributed by atoms with Crippen molar-refractivity contribution in [1.29, 1.82) is 0 Å². The van der Waals surface area contributed by atoms with E-state index in [4.69, 9.17) is 10.6 Å². The molecule has 4 heterocycles. The number of hydrogen-bond acceptors (Lipinski definition) is 12. The van der Waals surface area contributed by atoms with Crippen molar-refractivity contribution in [2.24, 2.45) is 5.16 Å². The topological polar surface area (TPSA) is 173 Å². The van der Waals surface area contributed by atoms with Gasteiger partial charge in [-0.05, 0) is 23.2 Å². The van der Waals surface area contributed by atoms with Crippen LogP contribution in [0.1, 0.15) is 11.4 Å². The number of aromatic nitrogens is 3. The number of thioether (sulfide) groups is 1. The van der Waals surface area contributed by atoms with Gasteiger partial charge in [-0.2, -0.15) is 0 Å². The molecule has 0 radical (unpaired) electrons. The van der Waals surface area contributed by atoms with Gasteiger partial charge in [0.1, 0.15) is 23.3 Å². The van der Waals surface area contributed by atoms with Gasteiger partial charge in [-0.25, -0.2) is 9.78 Å². The number of carboxylic acid groups (broad SMARTS) is 1. The molecule has 1 saturated heterocycles. The SMILES string of the molecule is Nc1nc(CO/N=C\C(=O)NC2C(=O)N3C(C(=O)O)=C(/C=C\c4csnn4)CSC23)cs1. The first-order chi connectivity index (χ1) is 15.4. The van der Waals surface area contributed by atoms with Crippen LogP contribution in [0.15, 0.2) is 33.3 Å². The van der Waals surface area contributed by atoms with Gasteiger partial charge in [-0.1, -0.05) is 15.7 Å². The van der Waals surface area contributed by atoms with Crippen molar-refractivity contribution in [3.8, 4) is 0 Å². The number of rotatable bonds is 8. The number of aliphatic carboxylic acids is 1. The lowest BCUT2D eigenvalue weighted by Gasteiger charge is -2.49. The second-order valence-electron chi connectivity index (χ2n) is 6.42. The standard InChI is InChI=1S/C17H15N7O5S3/c18-17-20-10(6-31-17)4-29-19-3-11(25)21-12-14(26)24-13(16(27)28)8(5-30-15(12)24)1-2-9-7-32-23-22-9/h1-3,6-7,12,15H,4-5H2,(H2,18,20)(H,21,25)(H,27,28)/b2-1-,19-3-. The van der Waals surface area contributed by atoms with Crippen molar-refractivity contribution in [3.05, 3.63) is 39.5 Å². The molecule has 0 saturated carbocycles. The normalized spacial score (nSPS) is 20.5. The molecule has 0 aliphatic carbocycles. The van der Waals surface area contributed by atoms with Crippen molar-refractivity contribution in [2.45, 2.75) is 18.0 Å². The number of nitrogens with zero attached hydrogens (tertiary/aromatic N) is 5. The predicted octanol–water partition coefficient (Wildman–Crippen LogP) is 0.531. The highest BCUT2D eigenvalue weighted by Gasteiger charge is 2.53. The van der Waals surface area contributed by atoms with Crippen LogP contribution in [-0.2, 0) is 25.8 Å². The molecule has 2 aromatic rings. The van der Waals surface area contributed by atoms with Crippen LogP contribution in [0.4, 0.5) is 5.13 Å². The summed E-state index contributed by atoms with van der Waals surface area (Å²) in [6.45, 7) is 0.0477. The van der Waals surface area contributed by atoms with E-state index >= 15 is 0 Å². The van der Waals surface area contributed by atoms with Crippen molar-refractivity contribution in [2.75, 3.05) is 11.5 Å². The van der Waals surface area contributed by atoms with Crippen molar-refractivity contribution < 1.29 is 24.3 Å². The van der Waals surface area contributed by atoms with Gasteiger partial charge in [0.2, 0.25) is 0 Å². The van der Waals surface area contributed by atoms with Crippen molar-refractivity contribution in [3.63, 3.8) is 0 Å². The number of amides is 2. The van der Waals surface area contributed by atoms with E-state index in [-0.39, 0.29) is 12.3 Å². The van der Waals surface area contributed by atoms with Crippen LogP contribution in [0.3, 0.4) is 0 Å². The lowest BCUT2D eigenvalue weighted by atomic mass is 10.0. The van der Waals surface area contributed by atoms with Crippen LogP contribution >= 0.6 is 34.6 Å². The summed E-state index contributed by atoms with van der Waals surface area (Å²) in [6.07, 6.45) is 4.16. The second kappa shape index (κ2) is 9.46.